The van der Waals surface area contributed by atoms with Gasteiger partial charge in [0.15, 0.2) is 0 Å². The van der Waals surface area contributed by atoms with Crippen LogP contribution in [0.15, 0.2) is 34.7 Å². The lowest BCUT2D eigenvalue weighted by molar-refractivity contribution is 0.0696. The van der Waals surface area contributed by atoms with E-state index in [0.717, 1.165) is 24.2 Å². The molecule has 2 heterocycles. The zero-order valence-electron chi connectivity index (χ0n) is 19.1. The third-order valence-electron chi connectivity index (χ3n) is 6.02. The van der Waals surface area contributed by atoms with Crippen molar-refractivity contribution in [1.29, 1.82) is 0 Å². The van der Waals surface area contributed by atoms with Crippen LogP contribution in [-0.2, 0) is 5.41 Å². The van der Waals surface area contributed by atoms with E-state index in [-0.39, 0.29) is 11.3 Å². The number of nitrogens with zero attached hydrogens (tertiary/aromatic N) is 5. The van der Waals surface area contributed by atoms with E-state index in [4.69, 9.17) is 9.52 Å². The molecule has 1 aliphatic carbocycles. The molecule has 4 rings (SSSR count). The predicted molar refractivity (Wildman–Crippen MR) is 119 cm³/mol. The van der Waals surface area contributed by atoms with E-state index in [1.807, 2.05) is 47.0 Å². The zero-order valence-corrected chi connectivity index (χ0v) is 19.1. The van der Waals surface area contributed by atoms with Crippen LogP contribution >= 0.6 is 0 Å². The fourth-order valence-electron chi connectivity index (χ4n) is 4.20. The number of amides is 1. The van der Waals surface area contributed by atoms with Crippen LogP contribution in [0.3, 0.4) is 0 Å². The van der Waals surface area contributed by atoms with Crippen molar-refractivity contribution in [2.75, 3.05) is 7.05 Å². The molecule has 7 nitrogen and oxygen atoms in total. The summed E-state index contributed by atoms with van der Waals surface area (Å²) in [5.41, 5.74) is 3.12. The molecule has 0 atom stereocenters. The van der Waals surface area contributed by atoms with E-state index in [9.17, 15) is 4.79 Å². The van der Waals surface area contributed by atoms with Crippen LogP contribution in [-0.4, -0.2) is 43.9 Å². The molecular formula is C24H31N5O2. The molecule has 0 spiro atoms. The minimum absolute atomic E-state index is 0.0805. The number of aromatic nitrogens is 4. The molecule has 1 saturated carbocycles. The smallest absolute Gasteiger partial charge is 0.268 e. The molecule has 164 valence electrons. The fourth-order valence-corrected chi connectivity index (χ4v) is 4.20. The minimum Gasteiger partial charge on any atom is -0.420 e. The number of hydrogen-bond acceptors (Lipinski definition) is 5. The Balaban J connectivity index is 1.62. The Bertz CT molecular complexity index is 1050. The second-order valence-electron chi connectivity index (χ2n) is 9.46. The van der Waals surface area contributed by atoms with Gasteiger partial charge in [0.1, 0.15) is 5.69 Å². The summed E-state index contributed by atoms with van der Waals surface area (Å²) in [5, 5.41) is 12.8. The highest BCUT2D eigenvalue weighted by atomic mass is 16.4. The predicted octanol–water partition coefficient (Wildman–Crippen LogP) is 4.93. The van der Waals surface area contributed by atoms with Gasteiger partial charge < -0.3 is 9.32 Å². The summed E-state index contributed by atoms with van der Waals surface area (Å²) in [5.74, 6) is 0.992. The summed E-state index contributed by atoms with van der Waals surface area (Å²) in [7, 11) is 1.93. The largest absolute Gasteiger partial charge is 0.420 e. The van der Waals surface area contributed by atoms with Crippen molar-refractivity contribution in [2.45, 2.75) is 71.3 Å². The first-order chi connectivity index (χ1) is 14.7. The fraction of sp³-hybridized carbons (Fsp3) is 0.500. The lowest BCUT2D eigenvalue weighted by Gasteiger charge is -2.31. The van der Waals surface area contributed by atoms with Gasteiger partial charge in [-0.15, -0.1) is 10.2 Å². The van der Waals surface area contributed by atoms with Gasteiger partial charge in [0.25, 0.3) is 11.8 Å². The Labute approximate surface area is 183 Å². The van der Waals surface area contributed by atoms with E-state index < -0.39 is 0 Å². The van der Waals surface area contributed by atoms with Gasteiger partial charge in [-0.25, -0.2) is 4.68 Å². The molecule has 0 N–H and O–H groups in total. The topological polar surface area (TPSA) is 77.1 Å². The molecule has 3 aromatic rings. The molecule has 2 aromatic heterocycles. The van der Waals surface area contributed by atoms with E-state index >= 15 is 0 Å². The third kappa shape index (κ3) is 4.40. The number of hydrogen-bond donors (Lipinski definition) is 0. The van der Waals surface area contributed by atoms with E-state index in [2.05, 4.69) is 31.0 Å². The van der Waals surface area contributed by atoms with Crippen molar-refractivity contribution in [3.05, 3.63) is 47.5 Å². The van der Waals surface area contributed by atoms with Crippen LogP contribution < -0.4 is 0 Å². The average Bonchev–Trinajstić information content (AvgIpc) is 3.40. The summed E-state index contributed by atoms with van der Waals surface area (Å²) in [6.45, 7) is 8.18. The normalized spacial score (nSPS) is 15.3. The molecular weight excluding hydrogens is 390 g/mol. The Morgan fingerprint density at radius 1 is 1.10 bits per heavy atom. The number of aryl methyl sites for hydroxylation is 1. The van der Waals surface area contributed by atoms with Gasteiger partial charge in [0.2, 0.25) is 5.89 Å². The van der Waals surface area contributed by atoms with Crippen molar-refractivity contribution in [1.82, 2.24) is 24.9 Å². The zero-order chi connectivity index (χ0) is 22.2. The first-order valence-electron chi connectivity index (χ1n) is 11.0. The van der Waals surface area contributed by atoms with Gasteiger partial charge in [-0.1, -0.05) is 40.0 Å². The van der Waals surface area contributed by atoms with Gasteiger partial charge >= 0.3 is 0 Å². The Morgan fingerprint density at radius 2 is 1.77 bits per heavy atom. The SMILES string of the molecule is Cc1nnc(-c2cc(C(C)(C)C)n(-c3ccc(C(=O)N(C)C4CCCCC4)cc3)n2)o1. The average molecular weight is 422 g/mol. The molecule has 0 radical (unpaired) electrons. The lowest BCUT2D eigenvalue weighted by Crippen LogP contribution is -2.38. The number of rotatable bonds is 4. The maximum Gasteiger partial charge on any atom is 0.268 e. The maximum absolute atomic E-state index is 13.0. The quantitative estimate of drug-likeness (QED) is 0.597. The van der Waals surface area contributed by atoms with Gasteiger partial charge in [0.05, 0.1) is 11.4 Å². The van der Waals surface area contributed by atoms with Crippen LogP contribution in [0.4, 0.5) is 0 Å². The molecule has 1 aliphatic rings. The van der Waals surface area contributed by atoms with Crippen LogP contribution in [0.5, 0.6) is 0 Å². The number of benzene rings is 1. The first-order valence-corrected chi connectivity index (χ1v) is 11.0. The molecule has 1 aromatic carbocycles. The standard InChI is InChI=1S/C24H31N5O2/c1-16-25-26-22(31-16)20-15-21(24(2,3)4)29(27-20)19-13-11-17(12-14-19)23(30)28(5)18-9-7-6-8-10-18/h11-15,18H,6-10H2,1-5H3. The van der Waals surface area contributed by atoms with Crippen molar-refractivity contribution in [2.24, 2.45) is 0 Å². The molecule has 7 heteroatoms. The summed E-state index contributed by atoms with van der Waals surface area (Å²) in [4.78, 5) is 14.9. The summed E-state index contributed by atoms with van der Waals surface area (Å²) in [6.07, 6.45) is 5.88. The number of carbonyl (C=O) groups excluding carboxylic acids is 1. The summed E-state index contributed by atoms with van der Waals surface area (Å²) in [6, 6.07) is 10.0. The Morgan fingerprint density at radius 3 is 2.35 bits per heavy atom. The van der Waals surface area contributed by atoms with E-state index in [0.29, 0.717) is 29.1 Å². The second-order valence-corrected chi connectivity index (χ2v) is 9.46. The highest BCUT2D eigenvalue weighted by Gasteiger charge is 2.25. The van der Waals surface area contributed by atoms with Crippen LogP contribution in [0.1, 0.15) is 74.8 Å². The second kappa shape index (κ2) is 8.29. The number of carbonyl (C=O) groups is 1. The first kappa shape index (κ1) is 21.3. The van der Waals surface area contributed by atoms with Gasteiger partial charge in [-0.05, 0) is 43.2 Å². The van der Waals surface area contributed by atoms with Gasteiger partial charge in [0, 0.05) is 31.0 Å². The van der Waals surface area contributed by atoms with Gasteiger partial charge in [-0.3, -0.25) is 4.79 Å². The van der Waals surface area contributed by atoms with Crippen molar-refractivity contribution < 1.29 is 9.21 Å². The van der Waals surface area contributed by atoms with Gasteiger partial charge in [-0.2, -0.15) is 5.10 Å². The highest BCUT2D eigenvalue weighted by Crippen LogP contribution is 2.30. The lowest BCUT2D eigenvalue weighted by atomic mass is 9.91. The molecule has 1 fully saturated rings. The summed E-state index contributed by atoms with van der Waals surface area (Å²) < 4.78 is 7.47. The van der Waals surface area contributed by atoms with Crippen LogP contribution in [0, 0.1) is 6.92 Å². The van der Waals surface area contributed by atoms with Crippen LogP contribution in [0.25, 0.3) is 17.3 Å². The highest BCUT2D eigenvalue weighted by molar-refractivity contribution is 5.94. The maximum atomic E-state index is 13.0. The summed E-state index contributed by atoms with van der Waals surface area (Å²) >= 11 is 0. The monoisotopic (exact) mass is 421 g/mol. The van der Waals surface area contributed by atoms with Crippen molar-refractivity contribution in [3.63, 3.8) is 0 Å². The minimum atomic E-state index is -0.143. The van der Waals surface area contributed by atoms with Crippen molar-refractivity contribution in [3.8, 4) is 17.3 Å². The molecule has 0 saturated heterocycles. The molecule has 31 heavy (non-hydrogen) atoms. The molecule has 1 amide bonds. The Hall–Kier alpha value is -2.96. The van der Waals surface area contributed by atoms with E-state index in [1.165, 1.54) is 19.3 Å². The Kier molecular flexibility index (Phi) is 5.69. The molecule has 0 aliphatic heterocycles. The van der Waals surface area contributed by atoms with E-state index in [1.54, 1.807) is 6.92 Å². The van der Waals surface area contributed by atoms with Crippen LogP contribution in [0.2, 0.25) is 0 Å². The molecule has 0 bridgehead atoms. The molecule has 0 unspecified atom stereocenters. The van der Waals surface area contributed by atoms with Crippen molar-refractivity contribution >= 4 is 5.91 Å². The third-order valence-corrected chi connectivity index (χ3v) is 6.02.